The van der Waals surface area contributed by atoms with Gasteiger partial charge in [-0.25, -0.2) is 9.97 Å². The standard InChI is InChI=1S/C17H21N3O/c1-10-14(15(18)21)11(2)20-16(19-10)12-6-8-13(9-7-12)17(3,4)5/h6-9H,1-5H3,(H2,18,21). The van der Waals surface area contributed by atoms with E-state index in [0.29, 0.717) is 22.8 Å². The van der Waals surface area contributed by atoms with Crippen LogP contribution < -0.4 is 5.73 Å². The van der Waals surface area contributed by atoms with E-state index < -0.39 is 5.91 Å². The molecule has 0 fully saturated rings. The fourth-order valence-electron chi connectivity index (χ4n) is 2.32. The van der Waals surface area contributed by atoms with Gasteiger partial charge in [-0.05, 0) is 24.8 Å². The third-order valence-corrected chi connectivity index (χ3v) is 3.53. The number of carbonyl (C=O) groups is 1. The monoisotopic (exact) mass is 283 g/mol. The average molecular weight is 283 g/mol. The van der Waals surface area contributed by atoms with Gasteiger partial charge in [0.25, 0.3) is 5.91 Å². The summed E-state index contributed by atoms with van der Waals surface area (Å²) in [5.41, 5.74) is 9.30. The molecule has 0 unspecified atom stereocenters. The largest absolute Gasteiger partial charge is 0.365 e. The Balaban J connectivity index is 2.46. The van der Waals surface area contributed by atoms with E-state index in [1.54, 1.807) is 13.8 Å². The molecular weight excluding hydrogens is 262 g/mol. The first-order chi connectivity index (χ1) is 9.70. The molecule has 2 rings (SSSR count). The van der Waals surface area contributed by atoms with Gasteiger partial charge in [-0.3, -0.25) is 4.79 Å². The second-order valence-corrected chi connectivity index (χ2v) is 6.28. The molecule has 0 radical (unpaired) electrons. The number of hydrogen-bond donors (Lipinski definition) is 1. The van der Waals surface area contributed by atoms with E-state index in [1.165, 1.54) is 5.56 Å². The summed E-state index contributed by atoms with van der Waals surface area (Å²) in [6, 6.07) is 8.20. The highest BCUT2D eigenvalue weighted by atomic mass is 16.1. The molecule has 0 atom stereocenters. The Bertz CT molecular complexity index is 659. The number of benzene rings is 1. The predicted octanol–water partition coefficient (Wildman–Crippen LogP) is 3.16. The third-order valence-electron chi connectivity index (χ3n) is 3.53. The Morgan fingerprint density at radius 2 is 1.48 bits per heavy atom. The first-order valence-corrected chi connectivity index (χ1v) is 6.96. The van der Waals surface area contributed by atoms with Crippen molar-refractivity contribution in [1.82, 2.24) is 9.97 Å². The van der Waals surface area contributed by atoms with E-state index in [4.69, 9.17) is 5.73 Å². The van der Waals surface area contributed by atoms with Crippen LogP contribution in [0.5, 0.6) is 0 Å². The van der Waals surface area contributed by atoms with Gasteiger partial charge >= 0.3 is 0 Å². The number of aryl methyl sites for hydroxylation is 2. The van der Waals surface area contributed by atoms with Crippen LogP contribution in [0.4, 0.5) is 0 Å². The summed E-state index contributed by atoms with van der Waals surface area (Å²) in [6.07, 6.45) is 0. The maximum atomic E-state index is 11.4. The van der Waals surface area contributed by atoms with Gasteiger partial charge < -0.3 is 5.73 Å². The molecule has 4 nitrogen and oxygen atoms in total. The van der Waals surface area contributed by atoms with Gasteiger partial charge in [0.05, 0.1) is 17.0 Å². The molecule has 0 saturated carbocycles. The number of rotatable bonds is 2. The van der Waals surface area contributed by atoms with Gasteiger partial charge in [0, 0.05) is 5.56 Å². The number of amides is 1. The molecule has 2 N–H and O–H groups in total. The molecule has 0 spiro atoms. The Kier molecular flexibility index (Phi) is 3.81. The highest BCUT2D eigenvalue weighted by molar-refractivity contribution is 5.95. The van der Waals surface area contributed by atoms with Crippen molar-refractivity contribution >= 4 is 5.91 Å². The average Bonchev–Trinajstić information content (AvgIpc) is 2.36. The van der Waals surface area contributed by atoms with Crippen LogP contribution in [0.3, 0.4) is 0 Å². The van der Waals surface area contributed by atoms with Gasteiger partial charge in [0.2, 0.25) is 0 Å². The molecule has 1 aromatic heterocycles. The van der Waals surface area contributed by atoms with Gasteiger partial charge in [0.15, 0.2) is 5.82 Å². The summed E-state index contributed by atoms with van der Waals surface area (Å²) < 4.78 is 0. The molecule has 1 aromatic carbocycles. The molecule has 1 heterocycles. The first-order valence-electron chi connectivity index (χ1n) is 6.96. The maximum Gasteiger partial charge on any atom is 0.252 e. The number of nitrogens with two attached hydrogens (primary N) is 1. The van der Waals surface area contributed by atoms with E-state index in [1.807, 2.05) is 12.1 Å². The minimum atomic E-state index is -0.486. The summed E-state index contributed by atoms with van der Waals surface area (Å²) in [5, 5.41) is 0. The van der Waals surface area contributed by atoms with Crippen LogP contribution in [0, 0.1) is 13.8 Å². The van der Waals surface area contributed by atoms with Crippen LogP contribution in [0.2, 0.25) is 0 Å². The van der Waals surface area contributed by atoms with E-state index in [0.717, 1.165) is 5.56 Å². The van der Waals surface area contributed by atoms with E-state index in [-0.39, 0.29) is 5.41 Å². The van der Waals surface area contributed by atoms with Crippen molar-refractivity contribution in [2.45, 2.75) is 40.0 Å². The van der Waals surface area contributed by atoms with Crippen LogP contribution in [0.1, 0.15) is 48.1 Å². The SMILES string of the molecule is Cc1nc(-c2ccc(C(C)(C)C)cc2)nc(C)c1C(N)=O. The number of carbonyl (C=O) groups excluding carboxylic acids is 1. The van der Waals surface area contributed by atoms with Crippen LogP contribution in [-0.4, -0.2) is 15.9 Å². The Labute approximate surface area is 125 Å². The van der Waals surface area contributed by atoms with E-state index in [9.17, 15) is 4.79 Å². The highest BCUT2D eigenvalue weighted by Crippen LogP contribution is 2.25. The second kappa shape index (κ2) is 5.28. The predicted molar refractivity (Wildman–Crippen MR) is 84.2 cm³/mol. The molecule has 21 heavy (non-hydrogen) atoms. The molecule has 1 amide bonds. The first kappa shape index (κ1) is 15.2. The van der Waals surface area contributed by atoms with Crippen LogP contribution in [-0.2, 0) is 5.41 Å². The Hall–Kier alpha value is -2.23. The Morgan fingerprint density at radius 3 is 1.86 bits per heavy atom. The van der Waals surface area contributed by atoms with Gasteiger partial charge in [-0.15, -0.1) is 0 Å². The fourth-order valence-corrected chi connectivity index (χ4v) is 2.32. The summed E-state index contributed by atoms with van der Waals surface area (Å²) >= 11 is 0. The summed E-state index contributed by atoms with van der Waals surface area (Å²) in [5.74, 6) is 0.134. The lowest BCUT2D eigenvalue weighted by Crippen LogP contribution is -2.17. The number of primary amides is 1. The van der Waals surface area contributed by atoms with Crippen molar-refractivity contribution in [3.63, 3.8) is 0 Å². The molecule has 2 aromatic rings. The molecular formula is C17H21N3O. The van der Waals surface area contributed by atoms with Gasteiger partial charge in [0.1, 0.15) is 0 Å². The maximum absolute atomic E-state index is 11.4. The topological polar surface area (TPSA) is 68.9 Å². The molecule has 110 valence electrons. The normalized spacial score (nSPS) is 11.5. The van der Waals surface area contributed by atoms with E-state index >= 15 is 0 Å². The zero-order chi connectivity index (χ0) is 15.8. The van der Waals surface area contributed by atoms with Crippen molar-refractivity contribution in [3.8, 4) is 11.4 Å². The van der Waals surface area contributed by atoms with Gasteiger partial charge in [-0.1, -0.05) is 45.0 Å². The lowest BCUT2D eigenvalue weighted by molar-refractivity contribution is 0.0998. The minimum absolute atomic E-state index is 0.112. The fraction of sp³-hybridized carbons (Fsp3) is 0.353. The summed E-state index contributed by atoms with van der Waals surface area (Å²) in [7, 11) is 0. The van der Waals surface area contributed by atoms with Crippen molar-refractivity contribution in [2.24, 2.45) is 5.73 Å². The van der Waals surface area contributed by atoms with Crippen molar-refractivity contribution in [2.75, 3.05) is 0 Å². The summed E-state index contributed by atoms with van der Waals surface area (Å²) in [6.45, 7) is 10.1. The van der Waals surface area contributed by atoms with Crippen LogP contribution in [0.25, 0.3) is 11.4 Å². The lowest BCUT2D eigenvalue weighted by Gasteiger charge is -2.19. The Morgan fingerprint density at radius 1 is 1.00 bits per heavy atom. The smallest absolute Gasteiger partial charge is 0.252 e. The number of hydrogen-bond acceptors (Lipinski definition) is 3. The van der Waals surface area contributed by atoms with Crippen LogP contribution >= 0.6 is 0 Å². The van der Waals surface area contributed by atoms with E-state index in [2.05, 4.69) is 42.9 Å². The lowest BCUT2D eigenvalue weighted by atomic mass is 9.86. The third kappa shape index (κ3) is 3.10. The molecule has 0 aliphatic rings. The van der Waals surface area contributed by atoms with Crippen molar-refractivity contribution in [1.29, 1.82) is 0 Å². The van der Waals surface area contributed by atoms with Crippen molar-refractivity contribution in [3.05, 3.63) is 46.8 Å². The minimum Gasteiger partial charge on any atom is -0.365 e. The van der Waals surface area contributed by atoms with Crippen LogP contribution in [0.15, 0.2) is 24.3 Å². The molecule has 0 aliphatic carbocycles. The molecule has 0 saturated heterocycles. The zero-order valence-corrected chi connectivity index (χ0v) is 13.2. The quantitative estimate of drug-likeness (QED) is 0.920. The zero-order valence-electron chi connectivity index (χ0n) is 13.2. The molecule has 0 bridgehead atoms. The van der Waals surface area contributed by atoms with Crippen molar-refractivity contribution < 1.29 is 4.79 Å². The van der Waals surface area contributed by atoms with Gasteiger partial charge in [-0.2, -0.15) is 0 Å². The highest BCUT2D eigenvalue weighted by Gasteiger charge is 2.16. The second-order valence-electron chi connectivity index (χ2n) is 6.28. The summed E-state index contributed by atoms with van der Waals surface area (Å²) in [4.78, 5) is 20.2. The number of nitrogens with zero attached hydrogens (tertiary/aromatic N) is 2. The number of aromatic nitrogens is 2. The molecule has 0 aliphatic heterocycles. The molecule has 4 heteroatoms.